The van der Waals surface area contributed by atoms with Crippen LogP contribution in [-0.2, 0) is 10.1 Å². The summed E-state index contributed by atoms with van der Waals surface area (Å²) in [6, 6.07) is 0. The molecule has 1 atom stereocenters. The predicted molar refractivity (Wildman–Crippen MR) is 88.7 cm³/mol. The molecule has 0 aromatic heterocycles. The summed E-state index contributed by atoms with van der Waals surface area (Å²) in [6.45, 7) is 14.2. The molecule has 0 aromatic carbocycles. The van der Waals surface area contributed by atoms with E-state index in [2.05, 4.69) is 27.7 Å². The zero-order valence-corrected chi connectivity index (χ0v) is 17.0. The Bertz CT molecular complexity index is 530. The fourth-order valence-electron chi connectivity index (χ4n) is 2.36. The molecule has 0 aliphatic heterocycles. The molecule has 172 valence electrons. The van der Waals surface area contributed by atoms with Crippen LogP contribution < -0.4 is 0 Å². The minimum Gasteiger partial charge on any atom is -0.325 e. The molecule has 4 nitrogen and oxygen atoms in total. The van der Waals surface area contributed by atoms with Crippen molar-refractivity contribution in [3.63, 3.8) is 0 Å². The van der Waals surface area contributed by atoms with Gasteiger partial charge in [0.2, 0.25) is 0 Å². The van der Waals surface area contributed by atoms with Crippen molar-refractivity contribution in [3.05, 3.63) is 0 Å². The van der Waals surface area contributed by atoms with Gasteiger partial charge >= 0.3 is 27.5 Å². The Morgan fingerprint density at radius 2 is 1.21 bits per heavy atom. The van der Waals surface area contributed by atoms with Crippen molar-refractivity contribution in [2.75, 3.05) is 26.2 Å². The number of alkyl halides is 8. The van der Waals surface area contributed by atoms with Crippen LogP contribution in [0.1, 0.15) is 47.0 Å². The van der Waals surface area contributed by atoms with E-state index in [4.69, 9.17) is 4.55 Å². The first-order valence-corrected chi connectivity index (χ1v) is 10.1. The molecule has 28 heavy (non-hydrogen) atoms. The maximum atomic E-state index is 12.8. The molecule has 0 heterocycles. The van der Waals surface area contributed by atoms with E-state index in [1.54, 1.807) is 0 Å². The highest BCUT2D eigenvalue weighted by Gasteiger charge is 2.69. The monoisotopic (exact) mass is 454 g/mol. The second kappa shape index (κ2) is 10.9. The molecule has 0 amide bonds. The molecule has 1 N–H and O–H groups in total. The van der Waals surface area contributed by atoms with Gasteiger partial charge in [0.15, 0.2) is 6.17 Å². The van der Waals surface area contributed by atoms with Gasteiger partial charge in [-0.25, -0.2) is 4.39 Å². The van der Waals surface area contributed by atoms with E-state index in [1.165, 1.54) is 30.7 Å². The lowest BCUT2D eigenvalue weighted by atomic mass is 10.1. The first kappa shape index (κ1) is 29.5. The van der Waals surface area contributed by atoms with E-state index in [0.29, 0.717) is 0 Å². The quantitative estimate of drug-likeness (QED) is 0.285. The zero-order chi connectivity index (χ0) is 23.0. The smallest absolute Gasteiger partial charge is 0.325 e. The standard InChI is InChI=1S/C8H20N.C7H8F8O3S/c1-5-9(6-2,7-3)8-4;8-4(2-1-3-5(9,10)11)6(12,13)7(14,15)19(16,17)18/h5-8H2,1-4H3;4H,1-3H2,(H,16,17,18)/q+1;. The number of quaternary nitrogens is 1. The molecular formula is C15H28F8NO3S+. The van der Waals surface area contributed by atoms with Gasteiger partial charge in [0.05, 0.1) is 26.2 Å². The van der Waals surface area contributed by atoms with Crippen molar-refractivity contribution in [2.45, 2.75) is 70.5 Å². The van der Waals surface area contributed by atoms with Gasteiger partial charge < -0.3 is 4.48 Å². The molecule has 0 aromatic rings. The van der Waals surface area contributed by atoms with Gasteiger partial charge in [-0.2, -0.15) is 39.2 Å². The second-order valence-electron chi connectivity index (χ2n) is 6.20. The average molecular weight is 454 g/mol. The van der Waals surface area contributed by atoms with Crippen molar-refractivity contribution in [1.82, 2.24) is 0 Å². The lowest BCUT2D eigenvalue weighted by Gasteiger charge is -2.34. The highest BCUT2D eigenvalue weighted by Crippen LogP contribution is 2.43. The third-order valence-electron chi connectivity index (χ3n) is 4.71. The summed E-state index contributed by atoms with van der Waals surface area (Å²) in [7, 11) is -6.60. The van der Waals surface area contributed by atoms with Crippen LogP contribution >= 0.6 is 0 Å². The summed E-state index contributed by atoms with van der Waals surface area (Å²) in [5, 5.41) is -6.13. The van der Waals surface area contributed by atoms with E-state index in [-0.39, 0.29) is 0 Å². The van der Waals surface area contributed by atoms with Crippen molar-refractivity contribution < 1.29 is 52.6 Å². The Kier molecular flexibility index (Phi) is 11.5. The lowest BCUT2D eigenvalue weighted by molar-refractivity contribution is -0.921. The molecule has 13 heteroatoms. The summed E-state index contributed by atoms with van der Waals surface area (Å²) < 4.78 is 128. The predicted octanol–water partition coefficient (Wildman–Crippen LogP) is 5.06. The van der Waals surface area contributed by atoms with E-state index < -0.39 is 52.9 Å². The number of nitrogens with zero attached hydrogens (tertiary/aromatic N) is 1. The van der Waals surface area contributed by atoms with Gasteiger partial charge in [-0.05, 0) is 40.5 Å². The largest absolute Gasteiger partial charge is 0.434 e. The van der Waals surface area contributed by atoms with Crippen LogP contribution in [0, 0.1) is 0 Å². The maximum Gasteiger partial charge on any atom is 0.434 e. The Hall–Kier alpha value is -0.690. The molecule has 1 unspecified atom stereocenters. The van der Waals surface area contributed by atoms with Gasteiger partial charge in [0, 0.05) is 6.42 Å². The molecule has 0 saturated heterocycles. The fraction of sp³-hybridized carbons (Fsp3) is 1.00. The normalized spacial score (nSPS) is 15.0. The lowest BCUT2D eigenvalue weighted by Crippen LogP contribution is -2.52. The van der Waals surface area contributed by atoms with Crippen LogP contribution in [0.4, 0.5) is 35.1 Å². The van der Waals surface area contributed by atoms with Gasteiger partial charge in [-0.3, -0.25) is 4.55 Å². The zero-order valence-electron chi connectivity index (χ0n) is 16.2. The summed E-state index contributed by atoms with van der Waals surface area (Å²) in [4.78, 5) is 0. The Labute approximate surface area is 160 Å². The highest BCUT2D eigenvalue weighted by molar-refractivity contribution is 7.87. The van der Waals surface area contributed by atoms with Crippen LogP contribution in [0.2, 0.25) is 0 Å². The summed E-state index contributed by atoms with van der Waals surface area (Å²) in [5.74, 6) is -5.84. The van der Waals surface area contributed by atoms with Gasteiger partial charge in [-0.1, -0.05) is 0 Å². The van der Waals surface area contributed by atoms with Crippen LogP contribution in [0.25, 0.3) is 0 Å². The van der Waals surface area contributed by atoms with Gasteiger partial charge in [0.1, 0.15) is 0 Å². The van der Waals surface area contributed by atoms with Crippen LogP contribution in [0.5, 0.6) is 0 Å². The topological polar surface area (TPSA) is 54.4 Å². The first-order chi connectivity index (χ1) is 12.4. The Balaban J connectivity index is 0. The van der Waals surface area contributed by atoms with Crippen LogP contribution in [-0.4, -0.2) is 67.2 Å². The molecule has 0 saturated carbocycles. The molecular weight excluding hydrogens is 426 g/mol. The molecule has 0 bridgehead atoms. The van der Waals surface area contributed by atoms with E-state index in [0.717, 1.165) is 0 Å². The minimum absolute atomic E-state index is 1.23. The molecule has 0 radical (unpaired) electrons. The molecule has 0 aliphatic carbocycles. The SMILES string of the molecule is CC[N+](CC)(CC)CC.O=S(=O)(O)C(F)(F)C(F)(F)C(F)CCCC(F)(F)F. The minimum atomic E-state index is -6.60. The third-order valence-corrected chi connectivity index (χ3v) is 5.63. The summed E-state index contributed by atoms with van der Waals surface area (Å²) in [6.07, 6.45) is -13.2. The molecule has 0 fully saturated rings. The first-order valence-electron chi connectivity index (χ1n) is 8.65. The van der Waals surface area contributed by atoms with Crippen molar-refractivity contribution in [2.24, 2.45) is 0 Å². The fourth-order valence-corrected chi connectivity index (χ4v) is 2.83. The van der Waals surface area contributed by atoms with Crippen molar-refractivity contribution >= 4 is 10.1 Å². The Morgan fingerprint density at radius 3 is 1.43 bits per heavy atom. The van der Waals surface area contributed by atoms with Crippen LogP contribution in [0.15, 0.2) is 0 Å². The summed E-state index contributed by atoms with van der Waals surface area (Å²) >= 11 is 0. The van der Waals surface area contributed by atoms with Gasteiger partial charge in [-0.15, -0.1) is 0 Å². The number of rotatable bonds is 10. The Morgan fingerprint density at radius 1 is 0.857 bits per heavy atom. The number of hydrogen-bond acceptors (Lipinski definition) is 2. The number of hydrogen-bond donors (Lipinski definition) is 1. The van der Waals surface area contributed by atoms with E-state index >= 15 is 0 Å². The van der Waals surface area contributed by atoms with E-state index in [9.17, 15) is 43.5 Å². The average Bonchev–Trinajstić information content (AvgIpc) is 2.55. The van der Waals surface area contributed by atoms with Crippen molar-refractivity contribution in [3.8, 4) is 0 Å². The maximum absolute atomic E-state index is 12.8. The second-order valence-corrected chi connectivity index (χ2v) is 7.66. The molecule has 0 rings (SSSR count). The third kappa shape index (κ3) is 8.36. The highest BCUT2D eigenvalue weighted by atomic mass is 32.2. The molecule has 0 aliphatic rings. The van der Waals surface area contributed by atoms with Crippen molar-refractivity contribution in [1.29, 1.82) is 0 Å². The van der Waals surface area contributed by atoms with Crippen LogP contribution in [0.3, 0.4) is 0 Å². The summed E-state index contributed by atoms with van der Waals surface area (Å²) in [5.41, 5.74) is 0. The van der Waals surface area contributed by atoms with E-state index in [1.807, 2.05) is 0 Å². The molecule has 0 spiro atoms. The number of halogens is 8. The van der Waals surface area contributed by atoms with Gasteiger partial charge in [0.25, 0.3) is 0 Å².